The summed E-state index contributed by atoms with van der Waals surface area (Å²) in [5, 5.41) is 5.76. The molecule has 0 bridgehead atoms. The molecule has 1 rings (SSSR count). The molecule has 0 aliphatic carbocycles. The van der Waals surface area contributed by atoms with E-state index in [1.54, 1.807) is 0 Å². The van der Waals surface area contributed by atoms with Gasteiger partial charge in [0.2, 0.25) is 5.91 Å². The van der Waals surface area contributed by atoms with Gasteiger partial charge in [-0.05, 0) is 13.8 Å². The zero-order valence-corrected chi connectivity index (χ0v) is 11.1. The number of nitrogens with one attached hydrogen (secondary N) is 2. The molecule has 1 aromatic rings. The summed E-state index contributed by atoms with van der Waals surface area (Å²) in [6.07, 6.45) is 0. The molecule has 18 heavy (non-hydrogen) atoms. The lowest BCUT2D eigenvalue weighted by Gasteiger charge is -2.13. The number of Topliss-reactive ketones (excluding diaryl/α,β-unsaturated/α-hetero) is 1. The Hall–Kier alpha value is -1.68. The van der Waals surface area contributed by atoms with Crippen molar-refractivity contribution in [3.8, 4) is 0 Å². The van der Waals surface area contributed by atoms with Crippen molar-refractivity contribution in [3.63, 3.8) is 0 Å². The number of benzene rings is 1. The van der Waals surface area contributed by atoms with Crippen molar-refractivity contribution in [1.82, 2.24) is 10.6 Å². The van der Waals surface area contributed by atoms with Crippen LogP contribution in [0.1, 0.15) is 29.8 Å². The third-order valence-electron chi connectivity index (χ3n) is 2.68. The van der Waals surface area contributed by atoms with E-state index in [4.69, 9.17) is 0 Å². The molecule has 2 N–H and O–H groups in total. The van der Waals surface area contributed by atoms with Crippen LogP contribution in [0.2, 0.25) is 0 Å². The number of hydrogen-bond donors (Lipinski definition) is 2. The molecular formula is C14H20N2O2. The Morgan fingerprint density at radius 2 is 1.78 bits per heavy atom. The average Bonchev–Trinajstić information content (AvgIpc) is 2.34. The Balaban J connectivity index is 2.41. The third kappa shape index (κ3) is 4.67. The van der Waals surface area contributed by atoms with Gasteiger partial charge >= 0.3 is 0 Å². The van der Waals surface area contributed by atoms with Crippen molar-refractivity contribution in [3.05, 3.63) is 35.4 Å². The first kappa shape index (κ1) is 14.4. The van der Waals surface area contributed by atoms with Gasteiger partial charge < -0.3 is 10.6 Å². The molecule has 1 amide bonds. The monoisotopic (exact) mass is 248 g/mol. The fraction of sp³-hybridized carbons (Fsp3) is 0.429. The number of hydrogen-bond acceptors (Lipinski definition) is 3. The van der Waals surface area contributed by atoms with E-state index in [2.05, 4.69) is 10.6 Å². The number of aryl methyl sites for hydroxylation is 1. The standard InChI is InChI=1S/C14H20N2O2/c1-10-4-6-13(7-5-10)14(18)11(2)15-8-9-16-12(3)17/h4-7,11,15H,8-9H2,1-3H3,(H,16,17). The first-order valence-corrected chi connectivity index (χ1v) is 6.09. The lowest BCUT2D eigenvalue weighted by molar-refractivity contribution is -0.118. The summed E-state index contributed by atoms with van der Waals surface area (Å²) in [6, 6.07) is 7.28. The van der Waals surface area contributed by atoms with E-state index in [9.17, 15) is 9.59 Å². The second-order valence-corrected chi connectivity index (χ2v) is 4.39. The maximum absolute atomic E-state index is 12.0. The van der Waals surface area contributed by atoms with E-state index in [1.165, 1.54) is 6.92 Å². The first-order valence-electron chi connectivity index (χ1n) is 6.09. The van der Waals surface area contributed by atoms with Crippen LogP contribution in [-0.4, -0.2) is 30.8 Å². The van der Waals surface area contributed by atoms with E-state index in [-0.39, 0.29) is 17.7 Å². The van der Waals surface area contributed by atoms with Crippen LogP contribution in [0.3, 0.4) is 0 Å². The summed E-state index contributed by atoms with van der Waals surface area (Å²) in [4.78, 5) is 22.7. The Labute approximate surface area is 108 Å². The summed E-state index contributed by atoms with van der Waals surface area (Å²) in [5.74, 6) is 0.00661. The fourth-order valence-electron chi connectivity index (χ4n) is 1.59. The number of rotatable bonds is 6. The van der Waals surface area contributed by atoms with Crippen LogP contribution in [0.25, 0.3) is 0 Å². The topological polar surface area (TPSA) is 58.2 Å². The summed E-state index contributed by atoms with van der Waals surface area (Å²) in [5.41, 5.74) is 1.85. The van der Waals surface area contributed by atoms with Crippen LogP contribution >= 0.6 is 0 Å². The van der Waals surface area contributed by atoms with Crippen molar-refractivity contribution in [2.75, 3.05) is 13.1 Å². The Bertz CT molecular complexity index is 412. The first-order chi connectivity index (χ1) is 8.50. The zero-order valence-electron chi connectivity index (χ0n) is 11.1. The molecule has 98 valence electrons. The van der Waals surface area contributed by atoms with Crippen LogP contribution in [0, 0.1) is 6.92 Å². The molecule has 1 aromatic carbocycles. The average molecular weight is 248 g/mol. The van der Waals surface area contributed by atoms with Crippen LogP contribution in [0.4, 0.5) is 0 Å². The highest BCUT2D eigenvalue weighted by Gasteiger charge is 2.13. The van der Waals surface area contributed by atoms with Crippen molar-refractivity contribution in [2.45, 2.75) is 26.8 Å². The molecule has 0 heterocycles. The van der Waals surface area contributed by atoms with E-state index < -0.39 is 0 Å². The van der Waals surface area contributed by atoms with E-state index in [1.807, 2.05) is 38.1 Å². The second-order valence-electron chi connectivity index (χ2n) is 4.39. The normalized spacial score (nSPS) is 11.9. The van der Waals surface area contributed by atoms with Crippen LogP contribution in [0.5, 0.6) is 0 Å². The highest BCUT2D eigenvalue weighted by Crippen LogP contribution is 2.06. The van der Waals surface area contributed by atoms with Gasteiger partial charge in [-0.2, -0.15) is 0 Å². The third-order valence-corrected chi connectivity index (χ3v) is 2.68. The number of amides is 1. The smallest absolute Gasteiger partial charge is 0.216 e. The molecule has 1 atom stereocenters. The minimum atomic E-state index is -0.249. The summed E-state index contributed by atoms with van der Waals surface area (Å²) in [6.45, 7) is 6.40. The lowest BCUT2D eigenvalue weighted by Crippen LogP contribution is -2.39. The minimum Gasteiger partial charge on any atom is -0.355 e. The molecular weight excluding hydrogens is 228 g/mol. The predicted molar refractivity (Wildman–Crippen MR) is 71.7 cm³/mol. The van der Waals surface area contributed by atoms with E-state index in [0.717, 1.165) is 5.56 Å². The molecule has 0 aliphatic rings. The fourth-order valence-corrected chi connectivity index (χ4v) is 1.59. The molecule has 0 fully saturated rings. The summed E-state index contributed by atoms with van der Waals surface area (Å²) < 4.78 is 0. The molecule has 4 nitrogen and oxygen atoms in total. The van der Waals surface area contributed by atoms with Gasteiger partial charge in [0.25, 0.3) is 0 Å². The van der Waals surface area contributed by atoms with Gasteiger partial charge in [-0.15, -0.1) is 0 Å². The maximum Gasteiger partial charge on any atom is 0.216 e. The maximum atomic E-state index is 12.0. The molecule has 0 saturated heterocycles. The molecule has 0 saturated carbocycles. The van der Waals surface area contributed by atoms with Gasteiger partial charge in [-0.25, -0.2) is 0 Å². The van der Waals surface area contributed by atoms with Gasteiger partial charge in [0, 0.05) is 25.6 Å². The molecule has 0 spiro atoms. The largest absolute Gasteiger partial charge is 0.355 e. The van der Waals surface area contributed by atoms with Gasteiger partial charge in [0.15, 0.2) is 5.78 Å². The Morgan fingerprint density at radius 1 is 1.17 bits per heavy atom. The van der Waals surface area contributed by atoms with Crippen molar-refractivity contribution in [1.29, 1.82) is 0 Å². The van der Waals surface area contributed by atoms with Gasteiger partial charge in [-0.1, -0.05) is 29.8 Å². The Kier molecular flexibility index (Phi) is 5.52. The van der Waals surface area contributed by atoms with Crippen molar-refractivity contribution in [2.24, 2.45) is 0 Å². The number of carbonyl (C=O) groups excluding carboxylic acids is 2. The molecule has 0 radical (unpaired) electrons. The van der Waals surface area contributed by atoms with Crippen molar-refractivity contribution < 1.29 is 9.59 Å². The van der Waals surface area contributed by atoms with E-state index >= 15 is 0 Å². The minimum absolute atomic E-state index is 0.0608. The van der Waals surface area contributed by atoms with Crippen LogP contribution in [-0.2, 0) is 4.79 Å². The van der Waals surface area contributed by atoms with Gasteiger partial charge in [0.1, 0.15) is 0 Å². The Morgan fingerprint density at radius 3 is 2.33 bits per heavy atom. The summed E-state index contributed by atoms with van der Waals surface area (Å²) in [7, 11) is 0. The van der Waals surface area contributed by atoms with Crippen molar-refractivity contribution >= 4 is 11.7 Å². The molecule has 1 unspecified atom stereocenters. The molecule has 4 heteroatoms. The van der Waals surface area contributed by atoms with Gasteiger partial charge in [0.05, 0.1) is 6.04 Å². The van der Waals surface area contributed by atoms with Gasteiger partial charge in [-0.3, -0.25) is 9.59 Å². The quantitative estimate of drug-likeness (QED) is 0.589. The molecule has 0 aromatic heterocycles. The summed E-state index contributed by atoms with van der Waals surface area (Å²) >= 11 is 0. The van der Waals surface area contributed by atoms with E-state index in [0.29, 0.717) is 18.7 Å². The zero-order chi connectivity index (χ0) is 13.5. The number of carbonyl (C=O) groups is 2. The number of ketones is 1. The van der Waals surface area contributed by atoms with Crippen LogP contribution in [0.15, 0.2) is 24.3 Å². The predicted octanol–water partition coefficient (Wildman–Crippen LogP) is 1.29. The lowest BCUT2D eigenvalue weighted by atomic mass is 10.0. The van der Waals surface area contributed by atoms with Crippen LogP contribution < -0.4 is 10.6 Å². The molecule has 0 aliphatic heterocycles. The SMILES string of the molecule is CC(=O)NCCNC(C)C(=O)c1ccc(C)cc1. The highest BCUT2D eigenvalue weighted by molar-refractivity contribution is 5.99. The second kappa shape index (κ2) is 6.91. The highest BCUT2D eigenvalue weighted by atomic mass is 16.1.